The van der Waals surface area contributed by atoms with Crippen LogP contribution in [0.15, 0.2) is 23.7 Å². The summed E-state index contributed by atoms with van der Waals surface area (Å²) in [5, 5.41) is 2.43. The number of carbonyl (C=O) groups excluding carboxylic acids is 1. The average Bonchev–Trinajstić information content (AvgIpc) is 2.78. The summed E-state index contributed by atoms with van der Waals surface area (Å²) in [6.45, 7) is 0. The number of thiazole rings is 1. The molecule has 0 saturated heterocycles. The van der Waals surface area contributed by atoms with Crippen molar-refractivity contribution in [1.29, 1.82) is 0 Å². The van der Waals surface area contributed by atoms with Gasteiger partial charge in [0.2, 0.25) is 0 Å². The average molecular weight is 252 g/mol. The molecule has 0 atom stereocenters. The fraction of sp³-hybridized carbons (Fsp3) is 0.182. The molecule has 2 aromatic heterocycles. The molecule has 0 fully saturated rings. The molecule has 0 bridgehead atoms. The summed E-state index contributed by atoms with van der Waals surface area (Å²) in [4.78, 5) is 19.2. The molecule has 0 N–H and O–H groups in total. The van der Waals surface area contributed by atoms with Gasteiger partial charge in [0.25, 0.3) is 0 Å². The van der Waals surface area contributed by atoms with Crippen LogP contribution < -0.4 is 0 Å². The SMILES string of the molecule is COC(=O)Cc1nc(-c2ccc(F)cn2)cs1. The third-order valence-electron chi connectivity index (χ3n) is 2.06. The van der Waals surface area contributed by atoms with Crippen LogP contribution in [-0.2, 0) is 16.0 Å². The topological polar surface area (TPSA) is 52.1 Å². The standard InChI is InChI=1S/C11H9FN2O2S/c1-16-11(15)4-10-14-9(6-17-10)8-3-2-7(12)5-13-8/h2-3,5-6H,4H2,1H3. The zero-order chi connectivity index (χ0) is 12.3. The van der Waals surface area contributed by atoms with Gasteiger partial charge >= 0.3 is 5.97 Å². The van der Waals surface area contributed by atoms with Crippen LogP contribution in [0, 0.1) is 5.82 Å². The van der Waals surface area contributed by atoms with Crippen molar-refractivity contribution in [3.63, 3.8) is 0 Å². The maximum absolute atomic E-state index is 12.7. The maximum atomic E-state index is 12.7. The van der Waals surface area contributed by atoms with Crippen LogP contribution >= 0.6 is 11.3 Å². The number of ether oxygens (including phenoxy) is 1. The van der Waals surface area contributed by atoms with Crippen molar-refractivity contribution in [3.8, 4) is 11.4 Å². The third-order valence-corrected chi connectivity index (χ3v) is 2.91. The maximum Gasteiger partial charge on any atom is 0.312 e. The summed E-state index contributed by atoms with van der Waals surface area (Å²) in [6, 6.07) is 2.87. The van der Waals surface area contributed by atoms with E-state index >= 15 is 0 Å². The third kappa shape index (κ3) is 2.85. The number of pyridine rings is 1. The van der Waals surface area contributed by atoms with E-state index in [0.29, 0.717) is 16.4 Å². The molecule has 88 valence electrons. The first-order valence-electron chi connectivity index (χ1n) is 4.82. The summed E-state index contributed by atoms with van der Waals surface area (Å²) in [5.74, 6) is -0.725. The molecule has 6 heteroatoms. The van der Waals surface area contributed by atoms with Gasteiger partial charge < -0.3 is 4.74 Å². The van der Waals surface area contributed by atoms with Crippen molar-refractivity contribution in [3.05, 3.63) is 34.5 Å². The number of rotatable bonds is 3. The lowest BCUT2D eigenvalue weighted by Crippen LogP contribution is -2.03. The van der Waals surface area contributed by atoms with Crippen molar-refractivity contribution >= 4 is 17.3 Å². The number of hydrogen-bond donors (Lipinski definition) is 0. The number of esters is 1. The number of aromatic nitrogens is 2. The van der Waals surface area contributed by atoms with Gasteiger partial charge in [-0.15, -0.1) is 11.3 Å². The van der Waals surface area contributed by atoms with Crippen LogP contribution in [0.4, 0.5) is 4.39 Å². The Hall–Kier alpha value is -1.82. The second-order valence-electron chi connectivity index (χ2n) is 3.24. The van der Waals surface area contributed by atoms with E-state index in [9.17, 15) is 9.18 Å². The monoisotopic (exact) mass is 252 g/mol. The molecular weight excluding hydrogens is 243 g/mol. The lowest BCUT2D eigenvalue weighted by atomic mass is 10.3. The van der Waals surface area contributed by atoms with E-state index in [0.717, 1.165) is 6.20 Å². The van der Waals surface area contributed by atoms with Crippen molar-refractivity contribution in [2.75, 3.05) is 7.11 Å². The molecule has 2 heterocycles. The lowest BCUT2D eigenvalue weighted by molar-refractivity contribution is -0.139. The van der Waals surface area contributed by atoms with E-state index in [2.05, 4.69) is 14.7 Å². The minimum Gasteiger partial charge on any atom is -0.469 e. The number of halogens is 1. The number of nitrogens with zero attached hydrogens (tertiary/aromatic N) is 2. The van der Waals surface area contributed by atoms with Crippen LogP contribution in [-0.4, -0.2) is 23.0 Å². The molecule has 0 amide bonds. The first-order valence-corrected chi connectivity index (χ1v) is 5.70. The number of methoxy groups -OCH3 is 1. The smallest absolute Gasteiger partial charge is 0.312 e. The predicted octanol–water partition coefficient (Wildman–Crippen LogP) is 2.06. The quantitative estimate of drug-likeness (QED) is 0.785. The van der Waals surface area contributed by atoms with Crippen molar-refractivity contribution < 1.29 is 13.9 Å². The molecule has 17 heavy (non-hydrogen) atoms. The number of hydrogen-bond acceptors (Lipinski definition) is 5. The molecule has 0 spiro atoms. The molecule has 0 aromatic carbocycles. The highest BCUT2D eigenvalue weighted by Crippen LogP contribution is 2.20. The Morgan fingerprint density at radius 1 is 1.47 bits per heavy atom. The summed E-state index contributed by atoms with van der Waals surface area (Å²) < 4.78 is 17.2. The first kappa shape index (κ1) is 11.7. The van der Waals surface area contributed by atoms with E-state index in [4.69, 9.17) is 0 Å². The number of carbonyl (C=O) groups is 1. The van der Waals surface area contributed by atoms with Gasteiger partial charge in [-0.25, -0.2) is 9.37 Å². The summed E-state index contributed by atoms with van der Waals surface area (Å²) >= 11 is 1.35. The van der Waals surface area contributed by atoms with Gasteiger partial charge in [0.1, 0.15) is 10.8 Å². The molecule has 0 aliphatic rings. The lowest BCUT2D eigenvalue weighted by Gasteiger charge is -1.95. The zero-order valence-corrected chi connectivity index (χ0v) is 9.83. The molecule has 2 rings (SSSR count). The van der Waals surface area contributed by atoms with E-state index in [1.165, 1.54) is 24.5 Å². The van der Waals surface area contributed by atoms with Crippen molar-refractivity contribution in [2.45, 2.75) is 6.42 Å². The fourth-order valence-electron chi connectivity index (χ4n) is 1.23. The van der Waals surface area contributed by atoms with Gasteiger partial charge in [0.15, 0.2) is 0 Å². The van der Waals surface area contributed by atoms with E-state index in [-0.39, 0.29) is 12.4 Å². The van der Waals surface area contributed by atoms with Crippen molar-refractivity contribution in [2.24, 2.45) is 0 Å². The van der Waals surface area contributed by atoms with Gasteiger partial charge in [0.05, 0.1) is 31.1 Å². The van der Waals surface area contributed by atoms with Crippen LogP contribution in [0.2, 0.25) is 0 Å². The largest absolute Gasteiger partial charge is 0.469 e. The molecule has 0 aliphatic carbocycles. The fourth-order valence-corrected chi connectivity index (χ4v) is 2.01. The van der Waals surface area contributed by atoms with Gasteiger partial charge in [-0.1, -0.05) is 0 Å². The Balaban J connectivity index is 2.18. The van der Waals surface area contributed by atoms with Crippen LogP contribution in [0.5, 0.6) is 0 Å². The molecule has 0 aliphatic heterocycles. The molecule has 0 saturated carbocycles. The minimum absolute atomic E-state index is 0.141. The highest BCUT2D eigenvalue weighted by atomic mass is 32.1. The van der Waals surface area contributed by atoms with Gasteiger partial charge in [-0.3, -0.25) is 9.78 Å². The summed E-state index contributed by atoms with van der Waals surface area (Å²) in [7, 11) is 1.33. The van der Waals surface area contributed by atoms with E-state index in [1.54, 1.807) is 11.4 Å². The van der Waals surface area contributed by atoms with Crippen LogP contribution in [0.25, 0.3) is 11.4 Å². The van der Waals surface area contributed by atoms with Crippen LogP contribution in [0.1, 0.15) is 5.01 Å². The van der Waals surface area contributed by atoms with E-state index < -0.39 is 5.82 Å². The Labute approximate surface area is 101 Å². The summed E-state index contributed by atoms with van der Waals surface area (Å²) in [5.41, 5.74) is 1.22. The highest BCUT2D eigenvalue weighted by molar-refractivity contribution is 7.10. The normalized spacial score (nSPS) is 10.2. The Kier molecular flexibility index (Phi) is 3.43. The second-order valence-corrected chi connectivity index (χ2v) is 4.18. The summed E-state index contributed by atoms with van der Waals surface area (Å²) in [6.07, 6.45) is 1.27. The van der Waals surface area contributed by atoms with Gasteiger partial charge in [-0.2, -0.15) is 0 Å². The van der Waals surface area contributed by atoms with Gasteiger partial charge in [-0.05, 0) is 12.1 Å². The Morgan fingerprint density at radius 3 is 2.94 bits per heavy atom. The van der Waals surface area contributed by atoms with Crippen molar-refractivity contribution in [1.82, 2.24) is 9.97 Å². The van der Waals surface area contributed by atoms with Gasteiger partial charge in [0, 0.05) is 5.38 Å². The molecule has 2 aromatic rings. The molecule has 4 nitrogen and oxygen atoms in total. The molecular formula is C11H9FN2O2S. The Bertz CT molecular complexity index is 525. The molecule has 0 radical (unpaired) electrons. The minimum atomic E-state index is -0.390. The van der Waals surface area contributed by atoms with E-state index in [1.807, 2.05) is 0 Å². The Morgan fingerprint density at radius 2 is 2.29 bits per heavy atom. The predicted molar refractivity (Wildman–Crippen MR) is 61.0 cm³/mol. The molecule has 0 unspecified atom stereocenters. The zero-order valence-electron chi connectivity index (χ0n) is 9.01. The second kappa shape index (κ2) is 5.01. The first-order chi connectivity index (χ1) is 8.19. The van der Waals surface area contributed by atoms with Crippen LogP contribution in [0.3, 0.4) is 0 Å². The highest BCUT2D eigenvalue weighted by Gasteiger charge is 2.09.